The number of nitrogens with zero attached hydrogens (tertiary/aromatic N) is 2. The molecule has 0 amide bonds. The van der Waals surface area contributed by atoms with Gasteiger partial charge in [0.1, 0.15) is 6.61 Å². The van der Waals surface area contributed by atoms with Crippen molar-refractivity contribution in [1.82, 2.24) is 9.78 Å². The predicted molar refractivity (Wildman–Crippen MR) is 62.8 cm³/mol. The summed E-state index contributed by atoms with van der Waals surface area (Å²) in [5, 5.41) is 13.3. The molecule has 0 saturated heterocycles. The fourth-order valence-corrected chi connectivity index (χ4v) is 1.87. The van der Waals surface area contributed by atoms with Crippen LogP contribution in [0.1, 0.15) is 5.69 Å². The van der Waals surface area contributed by atoms with E-state index in [0.29, 0.717) is 10.9 Å². The Bertz CT molecular complexity index is 704. The average molecular weight is 270 g/mol. The molecule has 0 fully saturated rings. The molecule has 1 heterocycles. The van der Waals surface area contributed by atoms with Crippen LogP contribution in [-0.4, -0.2) is 35.7 Å². The van der Waals surface area contributed by atoms with E-state index in [2.05, 4.69) is 9.28 Å². The quantitative estimate of drug-likeness (QED) is 0.836. The zero-order valence-electron chi connectivity index (χ0n) is 9.40. The van der Waals surface area contributed by atoms with Crippen molar-refractivity contribution in [2.45, 2.75) is 6.61 Å². The van der Waals surface area contributed by atoms with Crippen molar-refractivity contribution in [3.63, 3.8) is 0 Å². The Labute approximate surface area is 103 Å². The minimum atomic E-state index is -3.60. The maximum Gasteiger partial charge on any atom is 0.432 e. The summed E-state index contributed by atoms with van der Waals surface area (Å²) in [7, 11) is -3.60. The Morgan fingerprint density at radius 3 is 2.72 bits per heavy atom. The highest BCUT2D eigenvalue weighted by Gasteiger charge is 2.15. The summed E-state index contributed by atoms with van der Waals surface area (Å²) in [5.41, 5.74) is 0.649. The average Bonchev–Trinajstić information content (AvgIpc) is 2.64. The first-order valence-corrected chi connectivity index (χ1v) is 6.74. The zero-order valence-corrected chi connectivity index (χ0v) is 10.2. The topological polar surface area (TPSA) is 98.5 Å². The van der Waals surface area contributed by atoms with Crippen molar-refractivity contribution in [2.75, 3.05) is 6.26 Å². The largest absolute Gasteiger partial charge is 0.463 e. The fourth-order valence-electron chi connectivity index (χ4n) is 1.55. The number of hydrogen-bond donors (Lipinski definition) is 1. The maximum absolute atomic E-state index is 11.0. The molecule has 0 aliphatic carbocycles. The Hall–Kier alpha value is -1.93. The Morgan fingerprint density at radius 1 is 1.44 bits per heavy atom. The Balaban J connectivity index is 2.48. The minimum absolute atomic E-state index is 0.262. The molecule has 96 valence electrons. The van der Waals surface area contributed by atoms with Crippen LogP contribution < -0.4 is 0 Å². The predicted octanol–water partition coefficient (Wildman–Crippen LogP) is 1.04. The smallest absolute Gasteiger partial charge is 0.432 e. The Kier molecular flexibility index (Phi) is 3.05. The van der Waals surface area contributed by atoms with E-state index < -0.39 is 16.2 Å². The number of para-hydroxylation sites is 1. The standard InChI is InChI=1S/C10H10N2O5S/c1-18(15,16)17-6-8-7-4-2-3-5-9(7)12(11-8)10(13)14/h2-5H,6H2,1H3,(H,13,14). The van der Waals surface area contributed by atoms with E-state index in [0.717, 1.165) is 10.9 Å². The van der Waals surface area contributed by atoms with E-state index in [9.17, 15) is 13.2 Å². The third-order valence-electron chi connectivity index (χ3n) is 2.25. The van der Waals surface area contributed by atoms with Crippen LogP contribution in [0.25, 0.3) is 10.9 Å². The van der Waals surface area contributed by atoms with Crippen LogP contribution in [-0.2, 0) is 20.9 Å². The van der Waals surface area contributed by atoms with E-state index in [1.807, 2.05) is 0 Å². The van der Waals surface area contributed by atoms with Crippen molar-refractivity contribution in [3.8, 4) is 0 Å². The molecule has 0 atom stereocenters. The van der Waals surface area contributed by atoms with E-state index in [4.69, 9.17) is 5.11 Å². The second-order valence-electron chi connectivity index (χ2n) is 3.62. The van der Waals surface area contributed by atoms with Gasteiger partial charge in [-0.3, -0.25) is 4.18 Å². The van der Waals surface area contributed by atoms with Crippen LogP contribution in [0, 0.1) is 0 Å². The lowest BCUT2D eigenvalue weighted by Gasteiger charge is -1.97. The van der Waals surface area contributed by atoms with Crippen molar-refractivity contribution in [2.24, 2.45) is 0 Å². The second kappa shape index (κ2) is 4.39. The molecule has 18 heavy (non-hydrogen) atoms. The Morgan fingerprint density at radius 2 is 2.11 bits per heavy atom. The molecule has 0 aliphatic heterocycles. The van der Waals surface area contributed by atoms with Gasteiger partial charge in [0, 0.05) is 5.39 Å². The summed E-state index contributed by atoms with van der Waals surface area (Å²) in [4.78, 5) is 11.0. The molecule has 0 radical (unpaired) electrons. The molecular weight excluding hydrogens is 260 g/mol. The maximum atomic E-state index is 11.0. The number of fused-ring (bicyclic) bond motifs is 1. The minimum Gasteiger partial charge on any atom is -0.463 e. The molecule has 8 heteroatoms. The van der Waals surface area contributed by atoms with Crippen molar-refractivity contribution >= 4 is 27.1 Å². The van der Waals surface area contributed by atoms with Gasteiger partial charge in [0.2, 0.25) is 0 Å². The first kappa shape index (κ1) is 12.5. The molecule has 0 unspecified atom stereocenters. The van der Waals surface area contributed by atoms with Gasteiger partial charge in [0.05, 0.1) is 17.5 Å². The van der Waals surface area contributed by atoms with Crippen LogP contribution in [0.3, 0.4) is 0 Å². The second-order valence-corrected chi connectivity index (χ2v) is 5.27. The first-order chi connectivity index (χ1) is 8.38. The number of aromatic nitrogens is 2. The highest BCUT2D eigenvalue weighted by Crippen LogP contribution is 2.19. The van der Waals surface area contributed by atoms with Gasteiger partial charge in [-0.25, -0.2) is 4.79 Å². The van der Waals surface area contributed by atoms with Gasteiger partial charge in [0.15, 0.2) is 0 Å². The van der Waals surface area contributed by atoms with Gasteiger partial charge in [-0.05, 0) is 6.07 Å². The van der Waals surface area contributed by atoms with Crippen LogP contribution in [0.4, 0.5) is 4.79 Å². The molecule has 0 saturated carbocycles. The van der Waals surface area contributed by atoms with Gasteiger partial charge < -0.3 is 5.11 Å². The van der Waals surface area contributed by atoms with Crippen molar-refractivity contribution < 1.29 is 22.5 Å². The number of rotatable bonds is 3. The van der Waals surface area contributed by atoms with Gasteiger partial charge >= 0.3 is 6.09 Å². The van der Waals surface area contributed by atoms with Crippen LogP contribution in [0.5, 0.6) is 0 Å². The van der Waals surface area contributed by atoms with Crippen LogP contribution in [0.15, 0.2) is 24.3 Å². The van der Waals surface area contributed by atoms with Gasteiger partial charge in [-0.1, -0.05) is 18.2 Å². The molecule has 1 aromatic heterocycles. The third-order valence-corrected chi connectivity index (χ3v) is 2.80. The lowest BCUT2D eigenvalue weighted by atomic mass is 10.2. The number of hydrogen-bond acceptors (Lipinski definition) is 5. The SMILES string of the molecule is CS(=O)(=O)OCc1nn(C(=O)O)c2ccccc12. The van der Waals surface area contributed by atoms with Gasteiger partial charge in [-0.15, -0.1) is 0 Å². The molecule has 2 aromatic rings. The highest BCUT2D eigenvalue weighted by molar-refractivity contribution is 7.85. The lowest BCUT2D eigenvalue weighted by Crippen LogP contribution is -2.10. The summed E-state index contributed by atoms with van der Waals surface area (Å²) in [6, 6.07) is 6.62. The zero-order chi connectivity index (χ0) is 13.3. The molecule has 7 nitrogen and oxygen atoms in total. The number of carboxylic acid groups (broad SMARTS) is 1. The van der Waals surface area contributed by atoms with E-state index in [1.54, 1.807) is 24.3 Å². The monoisotopic (exact) mass is 270 g/mol. The van der Waals surface area contributed by atoms with Crippen LogP contribution in [0.2, 0.25) is 0 Å². The number of benzene rings is 1. The summed E-state index contributed by atoms with van der Waals surface area (Å²) in [5.74, 6) is 0. The molecular formula is C10H10N2O5S. The molecule has 1 aromatic carbocycles. The lowest BCUT2D eigenvalue weighted by molar-refractivity contribution is 0.193. The highest BCUT2D eigenvalue weighted by atomic mass is 32.2. The first-order valence-electron chi connectivity index (χ1n) is 4.93. The summed E-state index contributed by atoms with van der Waals surface area (Å²) < 4.78 is 27.2. The van der Waals surface area contributed by atoms with E-state index in [-0.39, 0.29) is 12.3 Å². The molecule has 0 bridgehead atoms. The van der Waals surface area contributed by atoms with Crippen molar-refractivity contribution in [1.29, 1.82) is 0 Å². The summed E-state index contributed by atoms with van der Waals surface area (Å²) in [6.45, 7) is -0.292. The van der Waals surface area contributed by atoms with Crippen molar-refractivity contribution in [3.05, 3.63) is 30.0 Å². The van der Waals surface area contributed by atoms with Gasteiger partial charge in [0.25, 0.3) is 10.1 Å². The summed E-state index contributed by atoms with van der Waals surface area (Å²) >= 11 is 0. The molecule has 0 spiro atoms. The van der Waals surface area contributed by atoms with E-state index in [1.165, 1.54) is 0 Å². The van der Waals surface area contributed by atoms with Gasteiger partial charge in [-0.2, -0.15) is 18.2 Å². The molecule has 0 aliphatic rings. The van der Waals surface area contributed by atoms with Crippen LogP contribution >= 0.6 is 0 Å². The third kappa shape index (κ3) is 2.49. The van der Waals surface area contributed by atoms with E-state index >= 15 is 0 Å². The fraction of sp³-hybridized carbons (Fsp3) is 0.200. The number of carbonyl (C=O) groups is 1. The molecule has 2 rings (SSSR count). The molecule has 1 N–H and O–H groups in total. The summed E-state index contributed by atoms with van der Waals surface area (Å²) in [6.07, 6.45) is -0.319. The normalized spacial score (nSPS) is 11.8.